The summed E-state index contributed by atoms with van der Waals surface area (Å²) in [6, 6.07) is 8.15. The van der Waals surface area contributed by atoms with Gasteiger partial charge in [-0.25, -0.2) is 0 Å². The standard InChI is InChI=1S/C12H17N3/c1-3-15(8-4-7-13)11-5-6-12(14)10(2)9-11/h5-6,9H,3-4,8,14H2,1-2H3. The summed E-state index contributed by atoms with van der Waals surface area (Å²) < 4.78 is 0. The van der Waals surface area contributed by atoms with Crippen LogP contribution >= 0.6 is 0 Å². The maximum Gasteiger partial charge on any atom is 0.0640 e. The molecule has 1 rings (SSSR count). The molecule has 0 aliphatic carbocycles. The van der Waals surface area contributed by atoms with Gasteiger partial charge >= 0.3 is 0 Å². The fraction of sp³-hybridized carbons (Fsp3) is 0.417. The lowest BCUT2D eigenvalue weighted by Gasteiger charge is -2.22. The first-order valence-electron chi connectivity index (χ1n) is 5.17. The first kappa shape index (κ1) is 11.4. The van der Waals surface area contributed by atoms with E-state index in [1.54, 1.807) is 0 Å². The molecule has 1 aromatic carbocycles. The number of anilines is 2. The molecule has 0 saturated heterocycles. The molecule has 0 atom stereocenters. The highest BCUT2D eigenvalue weighted by atomic mass is 15.1. The van der Waals surface area contributed by atoms with E-state index in [0.29, 0.717) is 6.42 Å². The van der Waals surface area contributed by atoms with Crippen LogP contribution in [0.3, 0.4) is 0 Å². The predicted octanol–water partition coefficient (Wildman–Crippen LogP) is 2.32. The van der Waals surface area contributed by atoms with Gasteiger partial charge in [-0.1, -0.05) is 0 Å². The van der Waals surface area contributed by atoms with Crippen LogP contribution in [0, 0.1) is 18.3 Å². The van der Waals surface area contributed by atoms with Crippen molar-refractivity contribution in [3.63, 3.8) is 0 Å². The SMILES string of the molecule is CCN(CCC#N)c1ccc(N)c(C)c1. The molecule has 0 aromatic heterocycles. The third kappa shape index (κ3) is 2.88. The zero-order valence-electron chi connectivity index (χ0n) is 9.33. The maximum atomic E-state index is 8.56. The van der Waals surface area contributed by atoms with Gasteiger partial charge < -0.3 is 10.6 Å². The molecule has 3 nitrogen and oxygen atoms in total. The lowest BCUT2D eigenvalue weighted by molar-refractivity contribution is 0.827. The number of aryl methyl sites for hydroxylation is 1. The van der Waals surface area contributed by atoms with Gasteiger partial charge in [0, 0.05) is 24.5 Å². The van der Waals surface area contributed by atoms with E-state index in [4.69, 9.17) is 11.0 Å². The molecular weight excluding hydrogens is 186 g/mol. The molecule has 0 spiro atoms. The Kier molecular flexibility index (Phi) is 3.99. The largest absolute Gasteiger partial charge is 0.399 e. The summed E-state index contributed by atoms with van der Waals surface area (Å²) in [5.41, 5.74) is 8.80. The minimum absolute atomic E-state index is 0.553. The normalized spacial score (nSPS) is 9.67. The lowest BCUT2D eigenvalue weighted by atomic mass is 10.1. The van der Waals surface area contributed by atoms with Crippen LogP contribution in [-0.2, 0) is 0 Å². The molecule has 0 aliphatic rings. The van der Waals surface area contributed by atoms with Crippen molar-refractivity contribution >= 4 is 11.4 Å². The van der Waals surface area contributed by atoms with Crippen molar-refractivity contribution in [1.82, 2.24) is 0 Å². The van der Waals surface area contributed by atoms with Gasteiger partial charge in [0.1, 0.15) is 0 Å². The lowest BCUT2D eigenvalue weighted by Crippen LogP contribution is -2.23. The van der Waals surface area contributed by atoms with Gasteiger partial charge in [-0.3, -0.25) is 0 Å². The van der Waals surface area contributed by atoms with Gasteiger partial charge in [-0.15, -0.1) is 0 Å². The van der Waals surface area contributed by atoms with E-state index in [1.807, 2.05) is 19.1 Å². The summed E-state index contributed by atoms with van der Waals surface area (Å²) in [6.45, 7) is 5.77. The Balaban J connectivity index is 2.83. The van der Waals surface area contributed by atoms with Crippen LogP contribution in [-0.4, -0.2) is 13.1 Å². The van der Waals surface area contributed by atoms with Crippen LogP contribution in [0.2, 0.25) is 0 Å². The second-order valence-corrected chi connectivity index (χ2v) is 3.53. The van der Waals surface area contributed by atoms with Crippen LogP contribution in [0.1, 0.15) is 18.9 Å². The van der Waals surface area contributed by atoms with Crippen molar-refractivity contribution in [2.75, 3.05) is 23.7 Å². The second-order valence-electron chi connectivity index (χ2n) is 3.53. The molecule has 0 heterocycles. The van der Waals surface area contributed by atoms with Gasteiger partial charge in [-0.2, -0.15) is 5.26 Å². The van der Waals surface area contributed by atoms with E-state index in [1.165, 1.54) is 0 Å². The van der Waals surface area contributed by atoms with E-state index in [2.05, 4.69) is 24.0 Å². The van der Waals surface area contributed by atoms with Crippen LogP contribution in [0.5, 0.6) is 0 Å². The number of nitrogens with zero attached hydrogens (tertiary/aromatic N) is 2. The van der Waals surface area contributed by atoms with Crippen molar-refractivity contribution in [1.29, 1.82) is 5.26 Å². The monoisotopic (exact) mass is 203 g/mol. The number of rotatable bonds is 4. The molecule has 0 unspecified atom stereocenters. The first-order chi connectivity index (χ1) is 7.19. The highest BCUT2D eigenvalue weighted by molar-refractivity contribution is 5.58. The summed E-state index contributed by atoms with van der Waals surface area (Å²) in [5.74, 6) is 0. The smallest absolute Gasteiger partial charge is 0.0640 e. The summed E-state index contributed by atoms with van der Waals surface area (Å²) in [4.78, 5) is 2.18. The Morgan fingerprint density at radius 1 is 1.47 bits per heavy atom. The molecule has 0 radical (unpaired) electrons. The fourth-order valence-corrected chi connectivity index (χ4v) is 1.51. The van der Waals surface area contributed by atoms with E-state index in [-0.39, 0.29) is 0 Å². The molecule has 80 valence electrons. The summed E-state index contributed by atoms with van der Waals surface area (Å²) in [5, 5.41) is 8.56. The minimum atomic E-state index is 0.553. The number of benzene rings is 1. The van der Waals surface area contributed by atoms with E-state index < -0.39 is 0 Å². The Morgan fingerprint density at radius 2 is 2.20 bits per heavy atom. The molecule has 2 N–H and O–H groups in total. The molecule has 0 fully saturated rings. The van der Waals surface area contributed by atoms with Crippen molar-refractivity contribution in [3.05, 3.63) is 23.8 Å². The topological polar surface area (TPSA) is 53.0 Å². The second kappa shape index (κ2) is 5.26. The third-order valence-electron chi connectivity index (χ3n) is 2.49. The predicted molar refractivity (Wildman–Crippen MR) is 63.7 cm³/mol. The van der Waals surface area contributed by atoms with Gasteiger partial charge in [0.15, 0.2) is 0 Å². The van der Waals surface area contributed by atoms with E-state index >= 15 is 0 Å². The van der Waals surface area contributed by atoms with Crippen LogP contribution in [0.25, 0.3) is 0 Å². The van der Waals surface area contributed by atoms with Gasteiger partial charge in [0.2, 0.25) is 0 Å². The van der Waals surface area contributed by atoms with Crippen molar-refractivity contribution in [2.45, 2.75) is 20.3 Å². The Hall–Kier alpha value is -1.69. The van der Waals surface area contributed by atoms with Crippen molar-refractivity contribution in [3.8, 4) is 6.07 Å². The third-order valence-corrected chi connectivity index (χ3v) is 2.49. The van der Waals surface area contributed by atoms with Crippen LogP contribution in [0.4, 0.5) is 11.4 Å². The zero-order chi connectivity index (χ0) is 11.3. The van der Waals surface area contributed by atoms with Gasteiger partial charge in [0.25, 0.3) is 0 Å². The quantitative estimate of drug-likeness (QED) is 0.764. The number of nitriles is 1. The number of hydrogen-bond acceptors (Lipinski definition) is 3. The zero-order valence-corrected chi connectivity index (χ0v) is 9.33. The van der Waals surface area contributed by atoms with Crippen molar-refractivity contribution < 1.29 is 0 Å². The molecule has 0 amide bonds. The summed E-state index contributed by atoms with van der Waals surface area (Å²) >= 11 is 0. The summed E-state index contributed by atoms with van der Waals surface area (Å²) in [7, 11) is 0. The Morgan fingerprint density at radius 3 is 2.73 bits per heavy atom. The number of hydrogen-bond donors (Lipinski definition) is 1. The average Bonchev–Trinajstić information content (AvgIpc) is 2.24. The molecule has 1 aromatic rings. The number of nitrogens with two attached hydrogens (primary N) is 1. The average molecular weight is 203 g/mol. The van der Waals surface area contributed by atoms with Gasteiger partial charge in [0.05, 0.1) is 12.5 Å². The van der Waals surface area contributed by atoms with Crippen LogP contribution in [0.15, 0.2) is 18.2 Å². The van der Waals surface area contributed by atoms with Crippen LogP contribution < -0.4 is 10.6 Å². The molecular formula is C12H17N3. The molecule has 15 heavy (non-hydrogen) atoms. The highest BCUT2D eigenvalue weighted by Crippen LogP contribution is 2.20. The maximum absolute atomic E-state index is 8.56. The van der Waals surface area contributed by atoms with E-state index in [0.717, 1.165) is 30.0 Å². The Labute approximate surface area is 91.1 Å². The minimum Gasteiger partial charge on any atom is -0.399 e. The molecule has 3 heteroatoms. The van der Waals surface area contributed by atoms with Gasteiger partial charge in [-0.05, 0) is 37.6 Å². The Bertz CT molecular complexity index is 366. The molecule has 0 aliphatic heterocycles. The van der Waals surface area contributed by atoms with E-state index in [9.17, 15) is 0 Å². The fourth-order valence-electron chi connectivity index (χ4n) is 1.51. The summed E-state index contributed by atoms with van der Waals surface area (Å²) in [6.07, 6.45) is 0.553. The molecule has 0 bridgehead atoms. The molecule has 0 saturated carbocycles. The van der Waals surface area contributed by atoms with Crippen molar-refractivity contribution in [2.24, 2.45) is 0 Å². The highest BCUT2D eigenvalue weighted by Gasteiger charge is 2.04. The first-order valence-corrected chi connectivity index (χ1v) is 5.17. The number of nitrogen functional groups attached to an aromatic ring is 1.